The van der Waals surface area contributed by atoms with E-state index >= 15 is 0 Å². The van der Waals surface area contributed by atoms with Crippen molar-refractivity contribution in [1.82, 2.24) is 0 Å². The van der Waals surface area contributed by atoms with Crippen LogP contribution in [0.3, 0.4) is 0 Å². The van der Waals surface area contributed by atoms with Crippen LogP contribution in [0.4, 0.5) is 0 Å². The minimum atomic E-state index is -4.11. The number of rotatable bonds is 5. The summed E-state index contributed by atoms with van der Waals surface area (Å²) < 4.78 is 34.4. The third kappa shape index (κ3) is 4.07. The van der Waals surface area contributed by atoms with Crippen LogP contribution in [0.2, 0.25) is 5.02 Å². The summed E-state index contributed by atoms with van der Waals surface area (Å²) in [5.41, 5.74) is 1.22. The fourth-order valence-corrected chi connectivity index (χ4v) is 3.48. The average molecular weight is 369 g/mol. The monoisotopic (exact) mass is 368 g/mol. The minimum absolute atomic E-state index is 0.114. The molecule has 24 heavy (non-hydrogen) atoms. The second kappa shape index (κ2) is 7.23. The van der Waals surface area contributed by atoms with Gasteiger partial charge in [-0.2, -0.15) is 8.42 Å². The van der Waals surface area contributed by atoms with Gasteiger partial charge in [0.1, 0.15) is 10.6 Å². The molecule has 0 amide bonds. The maximum atomic E-state index is 12.4. The van der Waals surface area contributed by atoms with Crippen LogP contribution in [0.15, 0.2) is 47.4 Å². The second-order valence-corrected chi connectivity index (χ2v) is 7.32. The molecule has 0 heterocycles. The number of hydrogen-bond donors (Lipinski definition) is 0. The maximum absolute atomic E-state index is 12.4. The number of halogens is 1. The first-order valence-corrected chi connectivity index (χ1v) is 8.95. The highest BCUT2D eigenvalue weighted by Crippen LogP contribution is 2.27. The van der Waals surface area contributed by atoms with E-state index in [-0.39, 0.29) is 21.2 Å². The van der Waals surface area contributed by atoms with Gasteiger partial charge in [0.2, 0.25) is 0 Å². The summed E-state index contributed by atoms with van der Waals surface area (Å²) in [6.07, 6.45) is 0. The van der Waals surface area contributed by atoms with Crippen LogP contribution >= 0.6 is 11.6 Å². The Kier molecular flexibility index (Phi) is 5.51. The highest BCUT2D eigenvalue weighted by atomic mass is 35.5. The van der Waals surface area contributed by atoms with Crippen LogP contribution in [0.1, 0.15) is 35.7 Å². The molecule has 0 saturated heterocycles. The van der Waals surface area contributed by atoms with E-state index in [0.29, 0.717) is 5.92 Å². The van der Waals surface area contributed by atoms with Gasteiger partial charge < -0.3 is 8.92 Å². The lowest BCUT2D eigenvalue weighted by Crippen LogP contribution is -2.11. The first kappa shape index (κ1) is 18.3. The van der Waals surface area contributed by atoms with E-state index in [2.05, 4.69) is 4.74 Å². The average Bonchev–Trinajstić information content (AvgIpc) is 2.53. The number of hydrogen-bond acceptors (Lipinski definition) is 5. The quantitative estimate of drug-likeness (QED) is 0.589. The molecule has 2 aromatic rings. The second-order valence-electron chi connectivity index (χ2n) is 5.40. The predicted octanol–water partition coefficient (Wildman–Crippen LogP) is 4.02. The molecule has 128 valence electrons. The van der Waals surface area contributed by atoms with Gasteiger partial charge in [-0.25, -0.2) is 4.79 Å². The van der Waals surface area contributed by atoms with Gasteiger partial charge >= 0.3 is 16.1 Å². The van der Waals surface area contributed by atoms with Gasteiger partial charge in [0.25, 0.3) is 0 Å². The van der Waals surface area contributed by atoms with Crippen molar-refractivity contribution in [2.75, 3.05) is 7.11 Å². The summed E-state index contributed by atoms with van der Waals surface area (Å²) in [5, 5.41) is -0.114. The van der Waals surface area contributed by atoms with Crippen molar-refractivity contribution in [2.45, 2.75) is 24.7 Å². The SMILES string of the molecule is COC(=O)c1ccc(S(=O)(=O)Oc2ccc(C(C)C)cc2)c(Cl)c1. The van der Waals surface area contributed by atoms with Gasteiger partial charge in [0, 0.05) is 0 Å². The highest BCUT2D eigenvalue weighted by molar-refractivity contribution is 7.87. The van der Waals surface area contributed by atoms with Crippen molar-refractivity contribution in [1.29, 1.82) is 0 Å². The van der Waals surface area contributed by atoms with Crippen LogP contribution in [0, 0.1) is 0 Å². The zero-order chi connectivity index (χ0) is 17.9. The molecule has 0 radical (unpaired) electrons. The van der Waals surface area contributed by atoms with Gasteiger partial charge in [-0.3, -0.25) is 0 Å². The van der Waals surface area contributed by atoms with E-state index in [9.17, 15) is 13.2 Å². The Labute approximate surface area is 146 Å². The van der Waals surface area contributed by atoms with Crippen molar-refractivity contribution in [3.8, 4) is 5.75 Å². The smallest absolute Gasteiger partial charge is 0.340 e. The minimum Gasteiger partial charge on any atom is -0.465 e. The molecule has 0 fully saturated rings. The summed E-state index contributed by atoms with van der Waals surface area (Å²) in [6.45, 7) is 4.07. The topological polar surface area (TPSA) is 69.7 Å². The lowest BCUT2D eigenvalue weighted by Gasteiger charge is -2.10. The molecule has 7 heteroatoms. The molecule has 2 rings (SSSR count). The van der Waals surface area contributed by atoms with Crippen LogP contribution in [0.5, 0.6) is 5.75 Å². The number of benzene rings is 2. The van der Waals surface area contributed by atoms with Crippen molar-refractivity contribution in [3.05, 3.63) is 58.6 Å². The molecule has 0 atom stereocenters. The third-order valence-corrected chi connectivity index (χ3v) is 5.11. The van der Waals surface area contributed by atoms with E-state index in [1.54, 1.807) is 24.3 Å². The zero-order valence-electron chi connectivity index (χ0n) is 13.4. The fraction of sp³-hybridized carbons (Fsp3) is 0.235. The molecule has 0 saturated carbocycles. The highest BCUT2D eigenvalue weighted by Gasteiger charge is 2.22. The number of carbonyl (C=O) groups excluding carboxylic acids is 1. The van der Waals surface area contributed by atoms with E-state index in [0.717, 1.165) is 5.56 Å². The van der Waals surface area contributed by atoms with E-state index in [1.807, 2.05) is 13.8 Å². The van der Waals surface area contributed by atoms with Crippen LogP contribution < -0.4 is 4.18 Å². The van der Waals surface area contributed by atoms with E-state index in [4.69, 9.17) is 15.8 Å². The normalized spacial score (nSPS) is 11.4. The molecule has 0 bridgehead atoms. The summed E-state index contributed by atoms with van der Waals surface area (Å²) >= 11 is 5.98. The van der Waals surface area contributed by atoms with Gasteiger partial charge in [-0.05, 0) is 41.8 Å². The van der Waals surface area contributed by atoms with Crippen molar-refractivity contribution < 1.29 is 22.1 Å². The fourth-order valence-electron chi connectivity index (χ4n) is 2.03. The summed E-state index contributed by atoms with van der Waals surface area (Å²) in [5.74, 6) is -0.0884. The zero-order valence-corrected chi connectivity index (χ0v) is 15.0. The van der Waals surface area contributed by atoms with Crippen LogP contribution in [0.25, 0.3) is 0 Å². The standard InChI is InChI=1S/C17H17ClO5S/c1-11(2)12-4-7-14(8-5-12)23-24(20,21)16-9-6-13(10-15(16)18)17(19)22-3/h4-11H,1-3H3. The van der Waals surface area contributed by atoms with Crippen LogP contribution in [-0.2, 0) is 14.9 Å². The number of ether oxygens (including phenoxy) is 1. The van der Waals surface area contributed by atoms with Crippen molar-refractivity contribution in [3.63, 3.8) is 0 Å². The van der Waals surface area contributed by atoms with Crippen molar-refractivity contribution in [2.24, 2.45) is 0 Å². The summed E-state index contributed by atoms with van der Waals surface area (Å²) in [4.78, 5) is 11.2. The molecule has 0 spiro atoms. The lowest BCUT2D eigenvalue weighted by atomic mass is 10.0. The molecular formula is C17H17ClO5S. The predicted molar refractivity (Wildman–Crippen MR) is 91.1 cm³/mol. The molecule has 0 N–H and O–H groups in total. The first-order valence-electron chi connectivity index (χ1n) is 7.17. The molecule has 2 aromatic carbocycles. The third-order valence-electron chi connectivity index (χ3n) is 3.38. The Bertz CT molecular complexity index is 842. The summed E-state index contributed by atoms with van der Waals surface area (Å²) in [6, 6.07) is 10.5. The molecule has 0 aliphatic rings. The molecule has 0 aliphatic carbocycles. The lowest BCUT2D eigenvalue weighted by molar-refractivity contribution is 0.0600. The molecule has 0 aliphatic heterocycles. The van der Waals surface area contributed by atoms with Gasteiger partial charge in [0.15, 0.2) is 0 Å². The Balaban J connectivity index is 2.28. The van der Waals surface area contributed by atoms with E-state index in [1.165, 1.54) is 25.3 Å². The Morgan fingerprint density at radius 1 is 1.08 bits per heavy atom. The molecule has 0 aromatic heterocycles. The first-order chi connectivity index (χ1) is 11.2. The Hall–Kier alpha value is -2.05. The maximum Gasteiger partial charge on any atom is 0.340 e. The molecular weight excluding hydrogens is 352 g/mol. The Morgan fingerprint density at radius 2 is 1.71 bits per heavy atom. The molecule has 5 nitrogen and oxygen atoms in total. The van der Waals surface area contributed by atoms with Gasteiger partial charge in [-0.15, -0.1) is 0 Å². The largest absolute Gasteiger partial charge is 0.465 e. The van der Waals surface area contributed by atoms with Crippen molar-refractivity contribution >= 4 is 27.7 Å². The number of carbonyl (C=O) groups is 1. The molecule has 0 unspecified atom stereocenters. The van der Waals surface area contributed by atoms with E-state index < -0.39 is 16.1 Å². The van der Waals surface area contributed by atoms with Gasteiger partial charge in [-0.1, -0.05) is 37.6 Å². The number of esters is 1. The number of methoxy groups -OCH3 is 1. The summed E-state index contributed by atoms with van der Waals surface area (Å²) in [7, 11) is -2.88. The van der Waals surface area contributed by atoms with Crippen LogP contribution in [-0.4, -0.2) is 21.5 Å². The Morgan fingerprint density at radius 3 is 2.21 bits per heavy atom. The van der Waals surface area contributed by atoms with Gasteiger partial charge in [0.05, 0.1) is 17.7 Å².